The first-order valence-corrected chi connectivity index (χ1v) is 9.33. The Balaban J connectivity index is 1.58. The van der Waals surface area contributed by atoms with Crippen molar-refractivity contribution in [1.82, 2.24) is 9.27 Å². The number of rotatable bonds is 8. The van der Waals surface area contributed by atoms with Gasteiger partial charge in [-0.3, -0.25) is 4.90 Å². The van der Waals surface area contributed by atoms with Crippen molar-refractivity contribution in [2.24, 2.45) is 0 Å². The average molecular weight is 356 g/mol. The molecule has 0 amide bonds. The molecule has 0 spiro atoms. The first-order chi connectivity index (χ1) is 12.1. The summed E-state index contributed by atoms with van der Waals surface area (Å²) in [6, 6.07) is 16.6. The van der Waals surface area contributed by atoms with E-state index in [9.17, 15) is 5.11 Å². The standard InChI is InChI=1S/C20H24N2O2S/c1-15(2)22(12-16-7-4-3-5-8-16)13-17(23)14-24-19-9-6-10-20-18(19)11-21-25-20/h3-11,15,17,23H,12-14H2,1-2H3. The lowest BCUT2D eigenvalue weighted by Gasteiger charge is -2.28. The topological polar surface area (TPSA) is 45.6 Å². The molecule has 0 saturated heterocycles. The maximum atomic E-state index is 10.5. The summed E-state index contributed by atoms with van der Waals surface area (Å²) in [5.41, 5.74) is 1.25. The second kappa shape index (κ2) is 8.43. The van der Waals surface area contributed by atoms with Gasteiger partial charge in [0.05, 0.1) is 16.3 Å². The van der Waals surface area contributed by atoms with Gasteiger partial charge in [-0.15, -0.1) is 0 Å². The Labute approximate surface area is 152 Å². The highest BCUT2D eigenvalue weighted by atomic mass is 32.1. The molecular weight excluding hydrogens is 332 g/mol. The Bertz CT molecular complexity index is 789. The van der Waals surface area contributed by atoms with Crippen LogP contribution in [-0.2, 0) is 6.54 Å². The average Bonchev–Trinajstić information content (AvgIpc) is 3.09. The highest BCUT2D eigenvalue weighted by molar-refractivity contribution is 7.13. The molecule has 0 aliphatic heterocycles. The molecule has 5 heteroatoms. The van der Waals surface area contributed by atoms with Crippen LogP contribution in [0.4, 0.5) is 0 Å². The molecule has 0 aliphatic carbocycles. The fourth-order valence-corrected chi connectivity index (χ4v) is 3.44. The Kier molecular flexibility index (Phi) is 6.02. The number of aliphatic hydroxyl groups excluding tert-OH is 1. The summed E-state index contributed by atoms with van der Waals surface area (Å²) in [6.45, 7) is 5.96. The minimum absolute atomic E-state index is 0.271. The van der Waals surface area contributed by atoms with Gasteiger partial charge in [0.1, 0.15) is 18.5 Å². The fourth-order valence-electron chi connectivity index (χ4n) is 2.78. The molecule has 2 aromatic carbocycles. The summed E-state index contributed by atoms with van der Waals surface area (Å²) in [7, 11) is 0. The molecule has 0 aliphatic rings. The summed E-state index contributed by atoms with van der Waals surface area (Å²) >= 11 is 1.45. The summed E-state index contributed by atoms with van der Waals surface area (Å²) in [6.07, 6.45) is 1.27. The molecule has 3 rings (SSSR count). The minimum atomic E-state index is -0.548. The third-order valence-corrected chi connectivity index (χ3v) is 4.96. The lowest BCUT2D eigenvalue weighted by molar-refractivity contribution is 0.0548. The second-order valence-electron chi connectivity index (χ2n) is 6.47. The van der Waals surface area contributed by atoms with Gasteiger partial charge in [0, 0.05) is 19.1 Å². The summed E-state index contributed by atoms with van der Waals surface area (Å²) < 4.78 is 11.2. The lowest BCUT2D eigenvalue weighted by atomic mass is 10.1. The van der Waals surface area contributed by atoms with Crippen molar-refractivity contribution in [2.45, 2.75) is 32.5 Å². The van der Waals surface area contributed by atoms with E-state index in [-0.39, 0.29) is 6.61 Å². The van der Waals surface area contributed by atoms with Crippen LogP contribution >= 0.6 is 11.5 Å². The molecule has 0 radical (unpaired) electrons. The Hall–Kier alpha value is -1.95. The normalized spacial score (nSPS) is 12.8. The van der Waals surface area contributed by atoms with Crippen molar-refractivity contribution in [2.75, 3.05) is 13.2 Å². The predicted molar refractivity (Wildman–Crippen MR) is 103 cm³/mol. The third-order valence-electron chi connectivity index (χ3n) is 4.19. The lowest BCUT2D eigenvalue weighted by Crippen LogP contribution is -2.39. The van der Waals surface area contributed by atoms with Crippen LogP contribution in [0.1, 0.15) is 19.4 Å². The molecule has 1 N–H and O–H groups in total. The second-order valence-corrected chi connectivity index (χ2v) is 7.30. The highest BCUT2D eigenvalue weighted by Gasteiger charge is 2.16. The van der Waals surface area contributed by atoms with Crippen LogP contribution in [-0.4, -0.2) is 39.7 Å². The molecule has 0 saturated carbocycles. The third kappa shape index (κ3) is 4.78. The van der Waals surface area contributed by atoms with Gasteiger partial charge in [0.15, 0.2) is 0 Å². The van der Waals surface area contributed by atoms with E-state index in [2.05, 4.69) is 35.3 Å². The number of hydrogen-bond acceptors (Lipinski definition) is 5. The zero-order valence-corrected chi connectivity index (χ0v) is 15.4. The maximum absolute atomic E-state index is 10.5. The zero-order chi connectivity index (χ0) is 17.6. The van der Waals surface area contributed by atoms with Gasteiger partial charge >= 0.3 is 0 Å². The van der Waals surface area contributed by atoms with Crippen molar-refractivity contribution in [3.05, 3.63) is 60.3 Å². The largest absolute Gasteiger partial charge is 0.490 e. The predicted octanol–water partition coefficient (Wildman–Crippen LogP) is 3.95. The van der Waals surface area contributed by atoms with E-state index in [1.165, 1.54) is 17.1 Å². The van der Waals surface area contributed by atoms with Gasteiger partial charge in [-0.05, 0) is 43.1 Å². The number of fused-ring (bicyclic) bond motifs is 1. The van der Waals surface area contributed by atoms with E-state index in [0.29, 0.717) is 12.6 Å². The molecule has 1 aromatic heterocycles. The molecule has 4 nitrogen and oxygen atoms in total. The monoisotopic (exact) mass is 356 g/mol. The first-order valence-electron chi connectivity index (χ1n) is 8.55. The highest BCUT2D eigenvalue weighted by Crippen LogP contribution is 2.27. The number of hydrogen-bond donors (Lipinski definition) is 1. The van der Waals surface area contributed by atoms with Gasteiger partial charge in [-0.25, -0.2) is 0 Å². The summed E-state index contributed by atoms with van der Waals surface area (Å²) in [5, 5.41) is 11.5. The van der Waals surface area contributed by atoms with Crippen LogP contribution in [0.15, 0.2) is 54.7 Å². The molecule has 0 bridgehead atoms. The number of aromatic nitrogens is 1. The molecule has 1 unspecified atom stereocenters. The van der Waals surface area contributed by atoms with Crippen molar-refractivity contribution < 1.29 is 9.84 Å². The molecule has 1 atom stereocenters. The maximum Gasteiger partial charge on any atom is 0.129 e. The summed E-state index contributed by atoms with van der Waals surface area (Å²) in [5.74, 6) is 0.782. The van der Waals surface area contributed by atoms with Gasteiger partial charge in [-0.2, -0.15) is 4.37 Å². The number of ether oxygens (including phenoxy) is 1. The van der Waals surface area contributed by atoms with Crippen LogP contribution in [0.3, 0.4) is 0 Å². The molecule has 3 aromatic rings. The van der Waals surface area contributed by atoms with Crippen molar-refractivity contribution in [1.29, 1.82) is 0 Å². The van der Waals surface area contributed by atoms with E-state index in [1.807, 2.05) is 42.6 Å². The smallest absolute Gasteiger partial charge is 0.129 e. The number of nitrogens with zero attached hydrogens (tertiary/aromatic N) is 2. The van der Waals surface area contributed by atoms with E-state index < -0.39 is 6.10 Å². The molecule has 132 valence electrons. The molecule has 0 fully saturated rings. The van der Waals surface area contributed by atoms with Crippen LogP contribution in [0.5, 0.6) is 5.75 Å². The fraction of sp³-hybridized carbons (Fsp3) is 0.350. The van der Waals surface area contributed by atoms with Gasteiger partial charge in [-0.1, -0.05) is 36.4 Å². The van der Waals surface area contributed by atoms with Gasteiger partial charge in [0.25, 0.3) is 0 Å². The zero-order valence-electron chi connectivity index (χ0n) is 14.6. The quantitative estimate of drug-likeness (QED) is 0.664. The molecule has 1 heterocycles. The van der Waals surface area contributed by atoms with Crippen LogP contribution in [0.2, 0.25) is 0 Å². The Morgan fingerprint density at radius 1 is 1.12 bits per heavy atom. The van der Waals surface area contributed by atoms with E-state index >= 15 is 0 Å². The van der Waals surface area contributed by atoms with Crippen molar-refractivity contribution in [3.8, 4) is 5.75 Å². The first kappa shape index (κ1) is 17.9. The SMILES string of the molecule is CC(C)N(Cc1ccccc1)CC(O)COc1cccc2sncc12. The Morgan fingerprint density at radius 3 is 2.68 bits per heavy atom. The van der Waals surface area contributed by atoms with Crippen LogP contribution in [0.25, 0.3) is 10.1 Å². The van der Waals surface area contributed by atoms with Gasteiger partial charge in [0.2, 0.25) is 0 Å². The summed E-state index contributed by atoms with van der Waals surface area (Å²) in [4.78, 5) is 2.26. The minimum Gasteiger partial charge on any atom is -0.490 e. The molecular formula is C20H24N2O2S. The van der Waals surface area contributed by atoms with Gasteiger partial charge < -0.3 is 9.84 Å². The van der Waals surface area contributed by atoms with Crippen LogP contribution in [0, 0.1) is 0 Å². The van der Waals surface area contributed by atoms with Crippen LogP contribution < -0.4 is 4.74 Å². The number of aliphatic hydroxyl groups is 1. The van der Waals surface area contributed by atoms with E-state index in [1.54, 1.807) is 0 Å². The van der Waals surface area contributed by atoms with Crippen molar-refractivity contribution >= 4 is 21.6 Å². The number of benzene rings is 2. The Morgan fingerprint density at radius 2 is 1.92 bits per heavy atom. The van der Waals surface area contributed by atoms with E-state index in [4.69, 9.17) is 4.74 Å². The molecule has 25 heavy (non-hydrogen) atoms. The van der Waals surface area contributed by atoms with E-state index in [0.717, 1.165) is 22.4 Å². The van der Waals surface area contributed by atoms with Crippen molar-refractivity contribution in [3.63, 3.8) is 0 Å².